The van der Waals surface area contributed by atoms with Crippen LogP contribution in [0, 0.1) is 5.92 Å². The molecule has 1 heterocycles. The lowest BCUT2D eigenvalue weighted by molar-refractivity contribution is 0.0939. The van der Waals surface area contributed by atoms with Gasteiger partial charge in [0.05, 0.1) is 11.0 Å². The Morgan fingerprint density at radius 1 is 1.12 bits per heavy atom. The van der Waals surface area contributed by atoms with Gasteiger partial charge in [-0.05, 0) is 44.0 Å². The molecule has 2 N–H and O–H groups in total. The van der Waals surface area contributed by atoms with E-state index in [4.69, 9.17) is 0 Å². The number of sulfone groups is 1. The Morgan fingerprint density at radius 2 is 1.75 bits per heavy atom. The molecule has 0 aliphatic carbocycles. The molecule has 2 atom stereocenters. The first-order valence-electron chi connectivity index (χ1n) is 8.12. The quantitative estimate of drug-likeness (QED) is 0.815. The molecule has 0 aromatic heterocycles. The Labute approximate surface area is 142 Å². The van der Waals surface area contributed by atoms with E-state index in [0.29, 0.717) is 24.1 Å². The Kier molecular flexibility index (Phi) is 5.64. The fraction of sp³-hybridized carbons (Fsp3) is 0.529. The molecule has 6 nitrogen and oxygen atoms in total. The minimum absolute atomic E-state index is 0.0244. The maximum atomic E-state index is 12.0. The Hall–Kier alpha value is -1.89. The highest BCUT2D eigenvalue weighted by atomic mass is 32.2. The van der Waals surface area contributed by atoms with Crippen molar-refractivity contribution in [3.05, 3.63) is 29.8 Å². The lowest BCUT2D eigenvalue weighted by Crippen LogP contribution is -2.46. The molecule has 1 aromatic rings. The molecule has 0 spiro atoms. The first-order valence-corrected chi connectivity index (χ1v) is 9.84. The van der Waals surface area contributed by atoms with Crippen molar-refractivity contribution in [3.8, 4) is 0 Å². The third kappa shape index (κ3) is 4.56. The fourth-order valence-electron chi connectivity index (χ4n) is 2.66. The van der Waals surface area contributed by atoms with Crippen LogP contribution in [0.25, 0.3) is 0 Å². The van der Waals surface area contributed by atoms with Crippen LogP contribution in [0.15, 0.2) is 24.3 Å². The molecule has 132 valence electrons. The van der Waals surface area contributed by atoms with Gasteiger partial charge in [-0.25, -0.2) is 13.2 Å². The van der Waals surface area contributed by atoms with Crippen molar-refractivity contribution in [1.29, 1.82) is 0 Å². The van der Waals surface area contributed by atoms with E-state index in [2.05, 4.69) is 10.6 Å². The van der Waals surface area contributed by atoms with Gasteiger partial charge in [0, 0.05) is 23.2 Å². The van der Waals surface area contributed by atoms with E-state index < -0.39 is 15.9 Å². The summed E-state index contributed by atoms with van der Waals surface area (Å²) in [7, 11) is -3.13. The zero-order valence-corrected chi connectivity index (χ0v) is 15.0. The molecular formula is C17H24N2O4S. The predicted octanol–water partition coefficient (Wildman–Crippen LogP) is 2.61. The molecule has 1 saturated heterocycles. The van der Waals surface area contributed by atoms with Gasteiger partial charge >= 0.3 is 6.03 Å². The maximum absolute atomic E-state index is 12.0. The van der Waals surface area contributed by atoms with Crippen LogP contribution in [0.2, 0.25) is 0 Å². The predicted molar refractivity (Wildman–Crippen MR) is 94.0 cm³/mol. The summed E-state index contributed by atoms with van der Waals surface area (Å²) in [6.45, 7) is 5.37. The van der Waals surface area contributed by atoms with Crippen LogP contribution >= 0.6 is 0 Å². The minimum atomic E-state index is -3.13. The molecule has 24 heavy (non-hydrogen) atoms. The average molecular weight is 352 g/mol. The standard InChI is InChI=1S/C17H24N2O4S/c1-11(2)16(20)13-5-8-14(9-6-13)18-17(21)19-15-7-4-12(3)24(22,23)10-15/h5-6,8-9,11-12,15H,4,7,10H2,1-3H3,(H2,18,19,21). The normalized spacial score (nSPS) is 22.8. The van der Waals surface area contributed by atoms with Crippen molar-refractivity contribution >= 4 is 27.3 Å². The highest BCUT2D eigenvalue weighted by Crippen LogP contribution is 2.19. The highest BCUT2D eigenvalue weighted by Gasteiger charge is 2.31. The Balaban J connectivity index is 1.92. The van der Waals surface area contributed by atoms with Crippen LogP contribution in [0.1, 0.15) is 44.0 Å². The van der Waals surface area contributed by atoms with Gasteiger partial charge in [0.25, 0.3) is 0 Å². The SMILES string of the molecule is CC(C)C(=O)c1ccc(NC(=O)NC2CCC(C)S(=O)(=O)C2)cc1. The van der Waals surface area contributed by atoms with Crippen LogP contribution in [0.3, 0.4) is 0 Å². The first kappa shape index (κ1) is 18.4. The third-order valence-electron chi connectivity index (χ3n) is 4.26. The lowest BCUT2D eigenvalue weighted by Gasteiger charge is -2.27. The van der Waals surface area contributed by atoms with E-state index in [-0.39, 0.29) is 28.7 Å². The Morgan fingerprint density at radius 3 is 2.29 bits per heavy atom. The maximum Gasteiger partial charge on any atom is 0.319 e. The number of carbonyl (C=O) groups excluding carboxylic acids is 2. The number of ketones is 1. The van der Waals surface area contributed by atoms with E-state index in [1.165, 1.54) is 0 Å². The van der Waals surface area contributed by atoms with E-state index in [9.17, 15) is 18.0 Å². The second-order valence-corrected chi connectivity index (χ2v) is 9.07. The van der Waals surface area contributed by atoms with E-state index in [1.807, 2.05) is 13.8 Å². The summed E-state index contributed by atoms with van der Waals surface area (Å²) in [6, 6.07) is 5.86. The van der Waals surface area contributed by atoms with Gasteiger partial charge in [0.1, 0.15) is 0 Å². The first-order chi connectivity index (χ1) is 11.2. The average Bonchev–Trinajstić information content (AvgIpc) is 2.50. The zero-order valence-electron chi connectivity index (χ0n) is 14.2. The summed E-state index contributed by atoms with van der Waals surface area (Å²) in [6.07, 6.45) is 1.20. The molecule has 1 fully saturated rings. The Bertz CT molecular complexity index is 711. The van der Waals surface area contributed by atoms with Crippen LogP contribution in [-0.4, -0.2) is 37.3 Å². The third-order valence-corrected chi connectivity index (χ3v) is 6.58. The number of carbonyl (C=O) groups is 2. The van der Waals surface area contributed by atoms with Crippen molar-refractivity contribution < 1.29 is 18.0 Å². The van der Waals surface area contributed by atoms with Gasteiger partial charge in [-0.2, -0.15) is 0 Å². The van der Waals surface area contributed by atoms with E-state index >= 15 is 0 Å². The topological polar surface area (TPSA) is 92.3 Å². The number of hydrogen-bond donors (Lipinski definition) is 2. The van der Waals surface area contributed by atoms with Crippen molar-refractivity contribution in [2.24, 2.45) is 5.92 Å². The molecular weight excluding hydrogens is 328 g/mol. The number of rotatable bonds is 4. The second kappa shape index (κ2) is 7.34. The summed E-state index contributed by atoms with van der Waals surface area (Å²) < 4.78 is 23.8. The molecule has 2 rings (SSSR count). The van der Waals surface area contributed by atoms with Gasteiger partial charge in [-0.15, -0.1) is 0 Å². The zero-order chi connectivity index (χ0) is 17.9. The largest absolute Gasteiger partial charge is 0.334 e. The molecule has 0 bridgehead atoms. The van der Waals surface area contributed by atoms with Crippen LogP contribution in [0.4, 0.5) is 10.5 Å². The van der Waals surface area contributed by atoms with Crippen LogP contribution in [0.5, 0.6) is 0 Å². The van der Waals surface area contributed by atoms with E-state index in [0.717, 1.165) is 0 Å². The molecule has 7 heteroatoms. The summed E-state index contributed by atoms with van der Waals surface area (Å²) >= 11 is 0. The number of anilines is 1. The number of urea groups is 1. The monoisotopic (exact) mass is 352 g/mol. The molecule has 0 radical (unpaired) electrons. The molecule has 2 unspecified atom stereocenters. The minimum Gasteiger partial charge on any atom is -0.334 e. The lowest BCUT2D eigenvalue weighted by atomic mass is 10.0. The van der Waals surface area contributed by atoms with Crippen molar-refractivity contribution in [2.75, 3.05) is 11.1 Å². The van der Waals surface area contributed by atoms with Gasteiger partial charge < -0.3 is 10.6 Å². The molecule has 2 amide bonds. The van der Waals surface area contributed by atoms with Gasteiger partial charge in [-0.1, -0.05) is 13.8 Å². The smallest absolute Gasteiger partial charge is 0.319 e. The number of amides is 2. The molecule has 1 aromatic carbocycles. The van der Waals surface area contributed by atoms with Crippen molar-refractivity contribution in [1.82, 2.24) is 5.32 Å². The van der Waals surface area contributed by atoms with Crippen molar-refractivity contribution in [3.63, 3.8) is 0 Å². The summed E-state index contributed by atoms with van der Waals surface area (Å²) in [5, 5.41) is 5.03. The molecule has 1 aliphatic heterocycles. The molecule has 1 aliphatic rings. The summed E-state index contributed by atoms with van der Waals surface area (Å²) in [4.78, 5) is 23.9. The molecule has 0 saturated carbocycles. The summed E-state index contributed by atoms with van der Waals surface area (Å²) in [5.41, 5.74) is 1.16. The van der Waals surface area contributed by atoms with Gasteiger partial charge in [0.15, 0.2) is 15.6 Å². The van der Waals surface area contributed by atoms with Crippen molar-refractivity contribution in [2.45, 2.75) is 44.9 Å². The second-order valence-electron chi connectivity index (χ2n) is 6.61. The van der Waals surface area contributed by atoms with Crippen LogP contribution in [-0.2, 0) is 9.84 Å². The number of hydrogen-bond acceptors (Lipinski definition) is 4. The summed E-state index contributed by atoms with van der Waals surface area (Å²) in [5.74, 6) is -0.0565. The van der Waals surface area contributed by atoms with Gasteiger partial charge in [0.2, 0.25) is 0 Å². The van der Waals surface area contributed by atoms with Gasteiger partial charge in [-0.3, -0.25) is 4.79 Å². The van der Waals surface area contributed by atoms with Crippen LogP contribution < -0.4 is 10.6 Å². The highest BCUT2D eigenvalue weighted by molar-refractivity contribution is 7.92. The number of Topliss-reactive ketones (excluding diaryl/α,β-unsaturated/α-hetero) is 1. The number of benzene rings is 1. The number of nitrogens with one attached hydrogen (secondary N) is 2. The fourth-order valence-corrected chi connectivity index (χ4v) is 4.30. The van der Waals surface area contributed by atoms with E-state index in [1.54, 1.807) is 31.2 Å².